The Labute approximate surface area is 131 Å². The lowest BCUT2D eigenvalue weighted by Crippen LogP contribution is -2.26. The number of hydrogen-bond acceptors (Lipinski definition) is 3. The maximum Gasteiger partial charge on any atom is 0.161 e. The van der Waals surface area contributed by atoms with Crippen LogP contribution < -0.4 is 5.73 Å². The Morgan fingerprint density at radius 2 is 2.09 bits per heavy atom. The molecule has 0 saturated heterocycles. The average molecular weight is 321 g/mol. The summed E-state index contributed by atoms with van der Waals surface area (Å²) in [7, 11) is 0. The van der Waals surface area contributed by atoms with E-state index in [1.165, 1.54) is 6.07 Å². The first-order valence-electron chi connectivity index (χ1n) is 7.20. The third-order valence-electron chi connectivity index (χ3n) is 3.72. The van der Waals surface area contributed by atoms with Gasteiger partial charge in [-0.25, -0.2) is 13.8 Å². The van der Waals surface area contributed by atoms with Crippen LogP contribution in [0, 0.1) is 11.6 Å². The van der Waals surface area contributed by atoms with Crippen LogP contribution in [0.4, 0.5) is 8.78 Å². The van der Waals surface area contributed by atoms with Gasteiger partial charge in [0, 0.05) is 36.0 Å². The van der Waals surface area contributed by atoms with E-state index in [9.17, 15) is 8.78 Å². The summed E-state index contributed by atoms with van der Waals surface area (Å²) >= 11 is 1.63. The first-order valence-corrected chi connectivity index (χ1v) is 8.08. The molecular weight excluding hydrogens is 304 g/mol. The van der Waals surface area contributed by atoms with E-state index in [4.69, 9.17) is 5.73 Å². The van der Waals surface area contributed by atoms with Gasteiger partial charge < -0.3 is 10.3 Å². The quantitative estimate of drug-likeness (QED) is 0.778. The fourth-order valence-electron chi connectivity index (χ4n) is 2.44. The third kappa shape index (κ3) is 2.89. The number of benzene rings is 1. The van der Waals surface area contributed by atoms with Crippen LogP contribution in [0.15, 0.2) is 29.6 Å². The van der Waals surface area contributed by atoms with Crippen LogP contribution in [0.25, 0.3) is 11.0 Å². The van der Waals surface area contributed by atoms with Crippen LogP contribution in [0.2, 0.25) is 0 Å². The summed E-state index contributed by atoms with van der Waals surface area (Å²) in [6.45, 7) is 2.54. The van der Waals surface area contributed by atoms with Crippen molar-refractivity contribution in [2.75, 3.05) is 0 Å². The Kier molecular flexibility index (Phi) is 4.22. The van der Waals surface area contributed by atoms with E-state index in [0.717, 1.165) is 23.2 Å². The van der Waals surface area contributed by atoms with Crippen molar-refractivity contribution >= 4 is 22.4 Å². The summed E-state index contributed by atoms with van der Waals surface area (Å²) in [6.07, 6.45) is 1.44. The first kappa shape index (κ1) is 15.1. The predicted molar refractivity (Wildman–Crippen MR) is 85.0 cm³/mol. The summed E-state index contributed by atoms with van der Waals surface area (Å²) < 4.78 is 28.9. The molecular formula is C16H17F2N3S. The minimum atomic E-state index is -0.875. The molecule has 1 aromatic carbocycles. The minimum absolute atomic E-state index is 0.0485. The average Bonchev–Trinajstić information content (AvgIpc) is 3.10. The zero-order valence-corrected chi connectivity index (χ0v) is 13.0. The topological polar surface area (TPSA) is 43.8 Å². The summed E-state index contributed by atoms with van der Waals surface area (Å²) in [6, 6.07) is 6.31. The molecule has 3 aromatic rings. The van der Waals surface area contributed by atoms with Crippen LogP contribution in [0.1, 0.15) is 24.0 Å². The highest BCUT2D eigenvalue weighted by molar-refractivity contribution is 7.09. The second-order valence-electron chi connectivity index (χ2n) is 5.32. The van der Waals surface area contributed by atoms with Crippen LogP contribution in [-0.2, 0) is 13.0 Å². The number of rotatable bonds is 5. The predicted octanol–water partition coefficient (Wildman–Crippen LogP) is 3.70. The SMILES string of the molecule is CCC(N)Cn1c(Cc2cccs2)nc2cc(F)c(F)cc21. The fraction of sp³-hybridized carbons (Fsp3) is 0.312. The number of aromatic nitrogens is 2. The number of hydrogen-bond donors (Lipinski definition) is 1. The van der Waals surface area contributed by atoms with E-state index in [-0.39, 0.29) is 6.04 Å². The van der Waals surface area contributed by atoms with Crippen LogP contribution in [0.5, 0.6) is 0 Å². The van der Waals surface area contributed by atoms with Crippen molar-refractivity contribution in [3.63, 3.8) is 0 Å². The number of nitrogens with two attached hydrogens (primary N) is 1. The molecule has 3 nitrogen and oxygen atoms in total. The lowest BCUT2D eigenvalue weighted by atomic mass is 10.2. The van der Waals surface area contributed by atoms with Crippen molar-refractivity contribution in [1.29, 1.82) is 0 Å². The minimum Gasteiger partial charge on any atom is -0.326 e. The molecule has 0 aliphatic heterocycles. The molecule has 0 amide bonds. The van der Waals surface area contributed by atoms with Gasteiger partial charge in [-0.05, 0) is 17.9 Å². The third-order valence-corrected chi connectivity index (χ3v) is 4.60. The van der Waals surface area contributed by atoms with E-state index in [2.05, 4.69) is 4.98 Å². The molecule has 0 aliphatic carbocycles. The Bertz CT molecular complexity index is 780. The van der Waals surface area contributed by atoms with E-state index in [1.54, 1.807) is 11.3 Å². The van der Waals surface area contributed by atoms with Gasteiger partial charge in [0.2, 0.25) is 0 Å². The normalized spacial score (nSPS) is 12.9. The molecule has 116 valence electrons. The maximum absolute atomic E-state index is 13.6. The van der Waals surface area contributed by atoms with Crippen molar-refractivity contribution in [2.24, 2.45) is 5.73 Å². The first-order chi connectivity index (χ1) is 10.6. The van der Waals surface area contributed by atoms with Gasteiger partial charge in [-0.15, -0.1) is 11.3 Å². The number of halogens is 2. The Morgan fingerprint density at radius 1 is 1.32 bits per heavy atom. The number of thiophene rings is 1. The van der Waals surface area contributed by atoms with Crippen molar-refractivity contribution < 1.29 is 8.78 Å². The summed E-state index contributed by atoms with van der Waals surface area (Å²) in [5, 5.41) is 2.00. The molecule has 0 fully saturated rings. The Hall–Kier alpha value is -1.79. The molecule has 2 aromatic heterocycles. The van der Waals surface area contributed by atoms with Gasteiger partial charge in [0.25, 0.3) is 0 Å². The van der Waals surface area contributed by atoms with Crippen LogP contribution in [-0.4, -0.2) is 15.6 Å². The van der Waals surface area contributed by atoms with Crippen molar-refractivity contribution in [1.82, 2.24) is 9.55 Å². The molecule has 0 bridgehead atoms. The standard InChI is InChI=1S/C16H17F2N3S/c1-2-10(19)9-21-15-8-13(18)12(17)7-14(15)20-16(21)6-11-4-3-5-22-11/h3-5,7-8,10H,2,6,9,19H2,1H3. The number of imidazole rings is 1. The zero-order chi connectivity index (χ0) is 15.7. The molecule has 0 saturated carbocycles. The second kappa shape index (κ2) is 6.14. The van der Waals surface area contributed by atoms with E-state index in [1.807, 2.05) is 29.0 Å². The lowest BCUT2D eigenvalue weighted by Gasteiger charge is -2.13. The van der Waals surface area contributed by atoms with E-state index in [0.29, 0.717) is 24.0 Å². The largest absolute Gasteiger partial charge is 0.326 e. The molecule has 3 rings (SSSR count). The van der Waals surface area contributed by atoms with Gasteiger partial charge in [-0.1, -0.05) is 13.0 Å². The Balaban J connectivity index is 2.10. The van der Waals surface area contributed by atoms with Gasteiger partial charge in [-0.3, -0.25) is 0 Å². The highest BCUT2D eigenvalue weighted by Gasteiger charge is 2.16. The highest BCUT2D eigenvalue weighted by Crippen LogP contribution is 2.23. The van der Waals surface area contributed by atoms with Crippen molar-refractivity contribution in [2.45, 2.75) is 32.4 Å². The Morgan fingerprint density at radius 3 is 2.77 bits per heavy atom. The van der Waals surface area contributed by atoms with Crippen molar-refractivity contribution in [3.05, 3.63) is 52.0 Å². The molecule has 6 heteroatoms. The molecule has 1 atom stereocenters. The summed E-state index contributed by atoms with van der Waals surface area (Å²) in [5.74, 6) is -0.952. The van der Waals surface area contributed by atoms with E-state index >= 15 is 0 Å². The summed E-state index contributed by atoms with van der Waals surface area (Å²) in [5.41, 5.74) is 7.11. The van der Waals surface area contributed by atoms with E-state index < -0.39 is 11.6 Å². The van der Waals surface area contributed by atoms with Gasteiger partial charge in [0.1, 0.15) is 5.82 Å². The lowest BCUT2D eigenvalue weighted by molar-refractivity contribution is 0.508. The van der Waals surface area contributed by atoms with Gasteiger partial charge in [0.05, 0.1) is 11.0 Å². The second-order valence-corrected chi connectivity index (χ2v) is 6.35. The van der Waals surface area contributed by atoms with Gasteiger partial charge in [-0.2, -0.15) is 0 Å². The van der Waals surface area contributed by atoms with Gasteiger partial charge >= 0.3 is 0 Å². The molecule has 0 radical (unpaired) electrons. The molecule has 0 spiro atoms. The molecule has 1 unspecified atom stereocenters. The smallest absolute Gasteiger partial charge is 0.161 e. The maximum atomic E-state index is 13.6. The molecule has 22 heavy (non-hydrogen) atoms. The summed E-state index contributed by atoms with van der Waals surface area (Å²) in [4.78, 5) is 5.64. The zero-order valence-electron chi connectivity index (χ0n) is 12.2. The fourth-order valence-corrected chi connectivity index (χ4v) is 3.14. The van der Waals surface area contributed by atoms with Gasteiger partial charge in [0.15, 0.2) is 11.6 Å². The molecule has 2 N–H and O–H groups in total. The number of fused-ring (bicyclic) bond motifs is 1. The van der Waals surface area contributed by atoms with Crippen LogP contribution in [0.3, 0.4) is 0 Å². The number of nitrogens with zero attached hydrogens (tertiary/aromatic N) is 2. The monoisotopic (exact) mass is 321 g/mol. The van der Waals surface area contributed by atoms with Crippen molar-refractivity contribution in [3.8, 4) is 0 Å². The van der Waals surface area contributed by atoms with Crippen LogP contribution >= 0.6 is 11.3 Å². The molecule has 0 aliphatic rings. The highest BCUT2D eigenvalue weighted by atomic mass is 32.1. The molecule has 2 heterocycles.